The van der Waals surface area contributed by atoms with Gasteiger partial charge in [-0.1, -0.05) is 6.92 Å². The van der Waals surface area contributed by atoms with E-state index in [0.717, 1.165) is 18.4 Å². The van der Waals surface area contributed by atoms with Crippen LogP contribution in [0.5, 0.6) is 0 Å². The summed E-state index contributed by atoms with van der Waals surface area (Å²) in [5.41, 5.74) is 0. The van der Waals surface area contributed by atoms with Crippen molar-refractivity contribution in [2.24, 2.45) is 11.8 Å². The average Bonchev–Trinajstić information content (AvgIpc) is 2.89. The van der Waals surface area contributed by atoms with Crippen LogP contribution in [0, 0.1) is 11.8 Å². The molecule has 4 atom stereocenters. The summed E-state index contributed by atoms with van der Waals surface area (Å²) < 4.78 is 10.7. The summed E-state index contributed by atoms with van der Waals surface area (Å²) in [6, 6.07) is 0. The van der Waals surface area contributed by atoms with Crippen LogP contribution in [0.15, 0.2) is 0 Å². The molecule has 0 radical (unpaired) electrons. The molecule has 2 nitrogen and oxygen atoms in total. The van der Waals surface area contributed by atoms with Gasteiger partial charge in [0, 0.05) is 7.11 Å². The van der Waals surface area contributed by atoms with Gasteiger partial charge in [-0.3, -0.25) is 0 Å². The SMILES string of the molecule is COC1CCC(CC2CO2)CC1C. The Morgan fingerprint density at radius 1 is 1.38 bits per heavy atom. The maximum atomic E-state index is 5.44. The minimum atomic E-state index is 0.511. The minimum absolute atomic E-state index is 0.511. The number of methoxy groups -OCH3 is 1. The second-order valence-electron chi connectivity index (χ2n) is 4.62. The summed E-state index contributed by atoms with van der Waals surface area (Å²) in [6.07, 6.45) is 6.32. The van der Waals surface area contributed by atoms with Gasteiger partial charge in [0.1, 0.15) is 0 Å². The lowest BCUT2D eigenvalue weighted by Crippen LogP contribution is -2.29. The minimum Gasteiger partial charge on any atom is -0.381 e. The van der Waals surface area contributed by atoms with Crippen LogP contribution in [-0.2, 0) is 9.47 Å². The van der Waals surface area contributed by atoms with E-state index >= 15 is 0 Å². The van der Waals surface area contributed by atoms with Crippen LogP contribution in [0.4, 0.5) is 0 Å². The first-order valence-electron chi connectivity index (χ1n) is 5.44. The second kappa shape index (κ2) is 3.97. The Labute approximate surface area is 80.6 Å². The van der Waals surface area contributed by atoms with Crippen molar-refractivity contribution in [2.75, 3.05) is 13.7 Å². The predicted molar refractivity (Wildman–Crippen MR) is 51.7 cm³/mol. The Morgan fingerprint density at radius 2 is 2.15 bits per heavy atom. The number of epoxide rings is 1. The van der Waals surface area contributed by atoms with E-state index in [1.807, 2.05) is 7.11 Å². The van der Waals surface area contributed by atoms with E-state index in [0.29, 0.717) is 12.2 Å². The van der Waals surface area contributed by atoms with Gasteiger partial charge in [-0.15, -0.1) is 0 Å². The molecule has 2 heteroatoms. The van der Waals surface area contributed by atoms with Crippen molar-refractivity contribution >= 4 is 0 Å². The molecule has 1 saturated carbocycles. The molecular formula is C11H20O2. The molecule has 76 valence electrons. The summed E-state index contributed by atoms with van der Waals surface area (Å²) in [7, 11) is 1.84. The highest BCUT2D eigenvalue weighted by atomic mass is 16.6. The van der Waals surface area contributed by atoms with Crippen LogP contribution in [0.3, 0.4) is 0 Å². The Balaban J connectivity index is 1.76. The lowest BCUT2D eigenvalue weighted by atomic mass is 9.78. The molecule has 1 aliphatic heterocycles. The van der Waals surface area contributed by atoms with Crippen molar-refractivity contribution in [3.63, 3.8) is 0 Å². The molecule has 0 spiro atoms. The van der Waals surface area contributed by atoms with Gasteiger partial charge in [-0.05, 0) is 37.5 Å². The molecule has 13 heavy (non-hydrogen) atoms. The lowest BCUT2D eigenvalue weighted by molar-refractivity contribution is 0.0131. The first-order chi connectivity index (χ1) is 6.29. The molecule has 2 aliphatic rings. The van der Waals surface area contributed by atoms with Gasteiger partial charge >= 0.3 is 0 Å². The van der Waals surface area contributed by atoms with Crippen LogP contribution in [-0.4, -0.2) is 25.9 Å². The zero-order valence-electron chi connectivity index (χ0n) is 8.66. The quantitative estimate of drug-likeness (QED) is 0.627. The normalized spacial score (nSPS) is 44.8. The van der Waals surface area contributed by atoms with E-state index in [9.17, 15) is 0 Å². The predicted octanol–water partition coefficient (Wildman–Crippen LogP) is 2.23. The topological polar surface area (TPSA) is 21.8 Å². The van der Waals surface area contributed by atoms with Crippen molar-refractivity contribution < 1.29 is 9.47 Å². The maximum absolute atomic E-state index is 5.44. The highest BCUT2D eigenvalue weighted by molar-refractivity contribution is 4.82. The summed E-state index contributed by atoms with van der Waals surface area (Å²) in [5, 5.41) is 0. The van der Waals surface area contributed by atoms with Gasteiger partial charge in [-0.25, -0.2) is 0 Å². The van der Waals surface area contributed by atoms with Crippen LogP contribution >= 0.6 is 0 Å². The van der Waals surface area contributed by atoms with Gasteiger partial charge in [0.05, 0.1) is 18.8 Å². The Bertz CT molecular complexity index is 165. The first-order valence-corrected chi connectivity index (χ1v) is 5.44. The number of ether oxygens (including phenoxy) is 2. The van der Waals surface area contributed by atoms with Gasteiger partial charge in [0.15, 0.2) is 0 Å². The fourth-order valence-electron chi connectivity index (χ4n) is 2.62. The average molecular weight is 184 g/mol. The standard InChI is InChI=1S/C11H20O2/c1-8-5-9(6-10-7-13-10)3-4-11(8)12-2/h8-11H,3-7H2,1-2H3. The van der Waals surface area contributed by atoms with Crippen LogP contribution in [0.2, 0.25) is 0 Å². The monoisotopic (exact) mass is 184 g/mol. The third kappa shape index (κ3) is 2.44. The molecule has 0 bridgehead atoms. The second-order valence-corrected chi connectivity index (χ2v) is 4.62. The van der Waals surface area contributed by atoms with E-state index in [4.69, 9.17) is 9.47 Å². The van der Waals surface area contributed by atoms with Gasteiger partial charge in [0.25, 0.3) is 0 Å². The molecule has 0 aromatic heterocycles. The molecule has 1 saturated heterocycles. The molecule has 1 heterocycles. The highest BCUT2D eigenvalue weighted by Crippen LogP contribution is 2.35. The zero-order chi connectivity index (χ0) is 9.26. The summed E-state index contributed by atoms with van der Waals surface area (Å²) in [4.78, 5) is 0. The number of hydrogen-bond donors (Lipinski definition) is 0. The molecule has 0 amide bonds. The summed E-state index contributed by atoms with van der Waals surface area (Å²) in [6.45, 7) is 3.33. The van der Waals surface area contributed by atoms with Crippen molar-refractivity contribution in [2.45, 2.75) is 44.8 Å². The smallest absolute Gasteiger partial charge is 0.0812 e. The molecule has 0 aromatic rings. The molecule has 2 rings (SSSR count). The van der Waals surface area contributed by atoms with Gasteiger partial charge in [-0.2, -0.15) is 0 Å². The summed E-state index contributed by atoms with van der Waals surface area (Å²) in [5.74, 6) is 1.64. The maximum Gasteiger partial charge on any atom is 0.0812 e. The third-order valence-electron chi connectivity index (χ3n) is 3.50. The van der Waals surface area contributed by atoms with Gasteiger partial charge < -0.3 is 9.47 Å². The van der Waals surface area contributed by atoms with Crippen molar-refractivity contribution in [1.29, 1.82) is 0 Å². The van der Waals surface area contributed by atoms with E-state index in [1.165, 1.54) is 25.7 Å². The third-order valence-corrected chi connectivity index (χ3v) is 3.50. The van der Waals surface area contributed by atoms with E-state index in [-0.39, 0.29) is 0 Å². The number of hydrogen-bond acceptors (Lipinski definition) is 2. The molecular weight excluding hydrogens is 164 g/mol. The Hall–Kier alpha value is -0.0800. The van der Waals surface area contributed by atoms with Gasteiger partial charge in [0.2, 0.25) is 0 Å². The highest BCUT2D eigenvalue weighted by Gasteiger charge is 2.32. The summed E-state index contributed by atoms with van der Waals surface area (Å²) >= 11 is 0. The van der Waals surface area contributed by atoms with Crippen molar-refractivity contribution in [1.82, 2.24) is 0 Å². The van der Waals surface area contributed by atoms with Crippen molar-refractivity contribution in [3.05, 3.63) is 0 Å². The molecule has 2 fully saturated rings. The van der Waals surface area contributed by atoms with Crippen LogP contribution < -0.4 is 0 Å². The van der Waals surface area contributed by atoms with E-state index in [1.54, 1.807) is 0 Å². The van der Waals surface area contributed by atoms with Crippen LogP contribution in [0.25, 0.3) is 0 Å². The van der Waals surface area contributed by atoms with Crippen molar-refractivity contribution in [3.8, 4) is 0 Å². The fourth-order valence-corrected chi connectivity index (χ4v) is 2.62. The van der Waals surface area contributed by atoms with E-state index in [2.05, 4.69) is 6.92 Å². The first kappa shape index (κ1) is 9.47. The molecule has 1 aliphatic carbocycles. The zero-order valence-corrected chi connectivity index (χ0v) is 8.66. The molecule has 0 aromatic carbocycles. The molecule has 4 unspecified atom stereocenters. The molecule has 0 N–H and O–H groups in total. The van der Waals surface area contributed by atoms with E-state index < -0.39 is 0 Å². The number of rotatable bonds is 3. The Morgan fingerprint density at radius 3 is 2.69 bits per heavy atom. The fraction of sp³-hybridized carbons (Fsp3) is 1.00. The van der Waals surface area contributed by atoms with Crippen LogP contribution in [0.1, 0.15) is 32.6 Å². The largest absolute Gasteiger partial charge is 0.381 e. The Kier molecular flexibility index (Phi) is 2.89. The lowest BCUT2D eigenvalue weighted by Gasteiger charge is -2.33.